The van der Waals surface area contributed by atoms with E-state index in [0.717, 1.165) is 12.8 Å². The van der Waals surface area contributed by atoms with Crippen LogP contribution in [0.3, 0.4) is 0 Å². The second-order valence-corrected chi connectivity index (χ2v) is 6.31. The molecule has 0 spiro atoms. The van der Waals surface area contributed by atoms with Crippen LogP contribution in [0.1, 0.15) is 18.4 Å². The number of amides is 1. The van der Waals surface area contributed by atoms with E-state index in [1.54, 1.807) is 6.07 Å². The molecule has 1 fully saturated rings. The van der Waals surface area contributed by atoms with Crippen molar-refractivity contribution in [2.75, 3.05) is 18.4 Å². The van der Waals surface area contributed by atoms with Crippen LogP contribution in [-0.4, -0.2) is 19.0 Å². The first-order valence-electron chi connectivity index (χ1n) is 7.60. The van der Waals surface area contributed by atoms with Crippen molar-refractivity contribution in [2.24, 2.45) is 0 Å². The van der Waals surface area contributed by atoms with Crippen LogP contribution in [0.5, 0.6) is 0 Å². The monoisotopic (exact) mass is 332 g/mol. The lowest BCUT2D eigenvalue weighted by Crippen LogP contribution is -2.35. The minimum Gasteiger partial charge on any atom is -0.376 e. The molecule has 0 bridgehead atoms. The Labute approximate surface area is 139 Å². The van der Waals surface area contributed by atoms with Crippen LogP contribution >= 0.6 is 11.6 Å². The Hall–Kier alpha value is -2.07. The second kappa shape index (κ2) is 6.59. The molecule has 2 N–H and O–H groups in total. The average Bonchev–Trinajstić information content (AvgIpc) is 3.36. The maximum atomic E-state index is 13.1. The van der Waals surface area contributed by atoms with Crippen LogP contribution in [0.15, 0.2) is 48.5 Å². The van der Waals surface area contributed by atoms with Gasteiger partial charge in [0.1, 0.15) is 5.82 Å². The number of nitrogens with one attached hydrogen (secondary N) is 2. The lowest BCUT2D eigenvalue weighted by atomic mass is 9.96. The van der Waals surface area contributed by atoms with Crippen molar-refractivity contribution in [3.8, 4) is 0 Å². The number of rotatable bonds is 6. The summed E-state index contributed by atoms with van der Waals surface area (Å²) in [6.07, 6.45) is 2.19. The van der Waals surface area contributed by atoms with Gasteiger partial charge in [0.05, 0.1) is 11.6 Å². The van der Waals surface area contributed by atoms with Crippen LogP contribution in [0.2, 0.25) is 5.02 Å². The Morgan fingerprint density at radius 1 is 1.17 bits per heavy atom. The standard InChI is InChI=1S/C18H18ClFN2O/c19-15-10-14(6-7-16(15)20)21-11-17(23)22-12-18(8-9-18)13-4-2-1-3-5-13/h1-7,10,21H,8-9,11-12H2,(H,22,23). The molecule has 1 aliphatic rings. The van der Waals surface area contributed by atoms with Crippen LogP contribution in [0.4, 0.5) is 10.1 Å². The summed E-state index contributed by atoms with van der Waals surface area (Å²) in [7, 11) is 0. The van der Waals surface area contributed by atoms with Gasteiger partial charge in [-0.1, -0.05) is 41.9 Å². The lowest BCUT2D eigenvalue weighted by Gasteiger charge is -2.17. The van der Waals surface area contributed by atoms with Gasteiger partial charge in [-0.15, -0.1) is 0 Å². The van der Waals surface area contributed by atoms with Crippen molar-refractivity contribution >= 4 is 23.2 Å². The minimum absolute atomic E-state index is 0.0384. The molecular weight excluding hydrogens is 315 g/mol. The van der Waals surface area contributed by atoms with Gasteiger partial charge in [0.25, 0.3) is 0 Å². The van der Waals surface area contributed by atoms with Gasteiger partial charge < -0.3 is 10.6 Å². The predicted octanol–water partition coefficient (Wildman–Crippen LogP) is 3.74. The molecule has 0 saturated heterocycles. The van der Waals surface area contributed by atoms with E-state index >= 15 is 0 Å². The Balaban J connectivity index is 1.49. The highest BCUT2D eigenvalue weighted by molar-refractivity contribution is 6.31. The number of halogens is 2. The maximum Gasteiger partial charge on any atom is 0.239 e. The molecular formula is C18H18ClFN2O. The zero-order valence-electron chi connectivity index (χ0n) is 12.6. The number of benzene rings is 2. The molecule has 2 aromatic carbocycles. The van der Waals surface area contributed by atoms with Crippen LogP contribution < -0.4 is 10.6 Å². The van der Waals surface area contributed by atoms with Crippen LogP contribution in [0, 0.1) is 5.82 Å². The normalized spacial score (nSPS) is 15.0. The summed E-state index contributed by atoms with van der Waals surface area (Å²) in [4.78, 5) is 12.0. The van der Waals surface area contributed by atoms with Gasteiger partial charge in [-0.25, -0.2) is 4.39 Å². The molecule has 0 aliphatic heterocycles. The SMILES string of the molecule is O=C(CNc1ccc(F)c(Cl)c1)NCC1(c2ccccc2)CC1. The zero-order valence-corrected chi connectivity index (χ0v) is 13.4. The lowest BCUT2D eigenvalue weighted by molar-refractivity contribution is -0.119. The molecule has 23 heavy (non-hydrogen) atoms. The summed E-state index contributed by atoms with van der Waals surface area (Å²) < 4.78 is 13.1. The van der Waals surface area contributed by atoms with Gasteiger partial charge in [0, 0.05) is 17.6 Å². The first-order chi connectivity index (χ1) is 11.1. The first kappa shape index (κ1) is 15.8. The third kappa shape index (κ3) is 3.82. The van der Waals surface area contributed by atoms with Crippen molar-refractivity contribution in [1.29, 1.82) is 0 Å². The quantitative estimate of drug-likeness (QED) is 0.846. The highest BCUT2D eigenvalue weighted by atomic mass is 35.5. The third-order valence-electron chi connectivity index (χ3n) is 4.24. The molecule has 120 valence electrons. The number of hydrogen-bond acceptors (Lipinski definition) is 2. The smallest absolute Gasteiger partial charge is 0.239 e. The fourth-order valence-electron chi connectivity index (χ4n) is 2.63. The van der Waals surface area contributed by atoms with E-state index in [-0.39, 0.29) is 22.9 Å². The molecule has 0 heterocycles. The van der Waals surface area contributed by atoms with Gasteiger partial charge in [0.2, 0.25) is 5.91 Å². The minimum atomic E-state index is -0.472. The average molecular weight is 333 g/mol. The van der Waals surface area contributed by atoms with E-state index in [0.29, 0.717) is 12.2 Å². The molecule has 5 heteroatoms. The highest BCUT2D eigenvalue weighted by Gasteiger charge is 2.44. The van der Waals surface area contributed by atoms with Crippen molar-refractivity contribution in [2.45, 2.75) is 18.3 Å². The highest BCUT2D eigenvalue weighted by Crippen LogP contribution is 2.47. The Morgan fingerprint density at radius 2 is 1.91 bits per heavy atom. The van der Waals surface area contributed by atoms with Crippen LogP contribution in [-0.2, 0) is 10.2 Å². The molecule has 1 aliphatic carbocycles. The summed E-state index contributed by atoms with van der Waals surface area (Å²) in [6, 6.07) is 14.6. The van der Waals surface area contributed by atoms with Crippen molar-refractivity contribution < 1.29 is 9.18 Å². The van der Waals surface area contributed by atoms with E-state index in [1.165, 1.54) is 17.7 Å². The van der Waals surface area contributed by atoms with Crippen molar-refractivity contribution in [3.05, 3.63) is 64.9 Å². The molecule has 1 amide bonds. The molecule has 1 saturated carbocycles. The number of anilines is 1. The fraction of sp³-hybridized carbons (Fsp3) is 0.278. The van der Waals surface area contributed by atoms with Crippen molar-refractivity contribution in [3.63, 3.8) is 0 Å². The number of carbonyl (C=O) groups is 1. The molecule has 2 aromatic rings. The van der Waals surface area contributed by atoms with Gasteiger partial charge in [-0.2, -0.15) is 0 Å². The second-order valence-electron chi connectivity index (χ2n) is 5.91. The van der Waals surface area contributed by atoms with Crippen molar-refractivity contribution in [1.82, 2.24) is 5.32 Å². The van der Waals surface area contributed by atoms with Gasteiger partial charge in [0.15, 0.2) is 0 Å². The Morgan fingerprint density at radius 3 is 2.57 bits per heavy atom. The molecule has 3 nitrogen and oxygen atoms in total. The van der Waals surface area contributed by atoms with E-state index in [1.807, 2.05) is 18.2 Å². The summed E-state index contributed by atoms with van der Waals surface area (Å²) in [5, 5.41) is 5.96. The van der Waals surface area contributed by atoms with Gasteiger partial charge >= 0.3 is 0 Å². The maximum absolute atomic E-state index is 13.1. The van der Waals surface area contributed by atoms with E-state index in [4.69, 9.17) is 11.6 Å². The summed E-state index contributed by atoms with van der Waals surface area (Å²) in [5.74, 6) is -0.562. The largest absolute Gasteiger partial charge is 0.376 e. The van der Waals surface area contributed by atoms with Gasteiger partial charge in [-0.3, -0.25) is 4.79 Å². The molecule has 0 aromatic heterocycles. The zero-order chi connectivity index (χ0) is 16.3. The Bertz CT molecular complexity index is 701. The van der Waals surface area contributed by atoms with Crippen LogP contribution in [0.25, 0.3) is 0 Å². The Kier molecular flexibility index (Phi) is 4.53. The molecule has 0 radical (unpaired) electrons. The third-order valence-corrected chi connectivity index (χ3v) is 4.53. The first-order valence-corrected chi connectivity index (χ1v) is 7.98. The van der Waals surface area contributed by atoms with E-state index in [2.05, 4.69) is 22.8 Å². The van der Waals surface area contributed by atoms with Gasteiger partial charge in [-0.05, 0) is 36.6 Å². The van der Waals surface area contributed by atoms with E-state index in [9.17, 15) is 9.18 Å². The summed E-state index contributed by atoms with van der Waals surface area (Å²) in [5.41, 5.74) is 1.99. The predicted molar refractivity (Wildman–Crippen MR) is 90.3 cm³/mol. The fourth-order valence-corrected chi connectivity index (χ4v) is 2.81. The summed E-state index contributed by atoms with van der Waals surface area (Å²) in [6.45, 7) is 0.772. The molecule has 3 rings (SSSR count). The van der Waals surface area contributed by atoms with E-state index < -0.39 is 5.82 Å². The number of carbonyl (C=O) groups excluding carboxylic acids is 1. The molecule has 0 unspecified atom stereocenters. The molecule has 0 atom stereocenters. The number of hydrogen-bond donors (Lipinski definition) is 2. The topological polar surface area (TPSA) is 41.1 Å². The summed E-state index contributed by atoms with van der Waals surface area (Å²) >= 11 is 5.71.